The number of benzene rings is 3. The monoisotopic (exact) mass is 460 g/mol. The first-order valence-electron chi connectivity index (χ1n) is 11.2. The largest absolute Gasteiger partial charge is 0.493 e. The Morgan fingerprint density at radius 2 is 1.71 bits per heavy atom. The van der Waals surface area contributed by atoms with Gasteiger partial charge in [-0.25, -0.2) is 4.79 Å². The lowest BCUT2D eigenvalue weighted by Gasteiger charge is -2.23. The Morgan fingerprint density at radius 3 is 2.41 bits per heavy atom. The average Bonchev–Trinajstić information content (AvgIpc) is 3.38. The van der Waals surface area contributed by atoms with Crippen molar-refractivity contribution in [2.45, 2.75) is 25.5 Å². The van der Waals surface area contributed by atoms with E-state index in [1.54, 1.807) is 14.2 Å². The van der Waals surface area contributed by atoms with E-state index in [2.05, 4.69) is 5.32 Å². The van der Waals surface area contributed by atoms with Crippen molar-refractivity contribution in [3.8, 4) is 22.6 Å². The summed E-state index contributed by atoms with van der Waals surface area (Å²) in [5, 5.41) is 2.93. The van der Waals surface area contributed by atoms with E-state index in [4.69, 9.17) is 14.2 Å². The third-order valence-corrected chi connectivity index (χ3v) is 5.86. The minimum atomic E-state index is -0.554. The van der Waals surface area contributed by atoms with Crippen molar-refractivity contribution < 1.29 is 23.8 Å². The molecule has 0 spiro atoms. The van der Waals surface area contributed by atoms with Crippen LogP contribution in [0.4, 0.5) is 10.5 Å². The van der Waals surface area contributed by atoms with Crippen molar-refractivity contribution in [2.75, 3.05) is 26.1 Å². The number of hydrogen-bond acceptors (Lipinski definition) is 5. The summed E-state index contributed by atoms with van der Waals surface area (Å²) in [4.78, 5) is 27.1. The molecule has 0 bridgehead atoms. The lowest BCUT2D eigenvalue weighted by atomic mass is 10.0. The molecule has 1 unspecified atom stereocenters. The molecular formula is C27H28N2O5. The van der Waals surface area contributed by atoms with Crippen LogP contribution in [0.2, 0.25) is 0 Å². The highest BCUT2D eigenvalue weighted by Gasteiger charge is 2.35. The van der Waals surface area contributed by atoms with E-state index in [9.17, 15) is 9.59 Å². The van der Waals surface area contributed by atoms with Gasteiger partial charge >= 0.3 is 6.09 Å². The van der Waals surface area contributed by atoms with E-state index >= 15 is 0 Å². The van der Waals surface area contributed by atoms with Gasteiger partial charge in [-0.3, -0.25) is 9.69 Å². The molecule has 1 aliphatic rings. The van der Waals surface area contributed by atoms with Gasteiger partial charge in [-0.05, 0) is 42.2 Å². The standard InChI is InChI=1S/C27H28N2O5/c1-32-24-12-6-10-22(25(24)33-2)20-13-15-21(16-14-20)28-26(30)23-11-7-17-29(23)27(31)34-18-19-8-4-3-5-9-19/h3-6,8-10,12-16,23H,7,11,17-18H2,1-2H3,(H,28,30). The van der Waals surface area contributed by atoms with Gasteiger partial charge in [-0.1, -0.05) is 54.6 Å². The van der Waals surface area contributed by atoms with E-state index in [0.29, 0.717) is 30.2 Å². The molecule has 1 fully saturated rings. The van der Waals surface area contributed by atoms with Crippen molar-refractivity contribution in [1.29, 1.82) is 0 Å². The lowest BCUT2D eigenvalue weighted by Crippen LogP contribution is -2.43. The van der Waals surface area contributed by atoms with Crippen molar-refractivity contribution in [3.63, 3.8) is 0 Å². The van der Waals surface area contributed by atoms with Crippen molar-refractivity contribution in [2.24, 2.45) is 0 Å². The second-order valence-corrected chi connectivity index (χ2v) is 8.00. The number of likely N-dealkylation sites (tertiary alicyclic amines) is 1. The third kappa shape index (κ3) is 5.14. The highest BCUT2D eigenvalue weighted by molar-refractivity contribution is 5.97. The molecule has 0 aromatic heterocycles. The smallest absolute Gasteiger partial charge is 0.410 e. The fraction of sp³-hybridized carbons (Fsp3) is 0.259. The summed E-state index contributed by atoms with van der Waals surface area (Å²) in [6.45, 7) is 0.681. The zero-order valence-corrected chi connectivity index (χ0v) is 19.3. The Morgan fingerprint density at radius 1 is 0.941 bits per heavy atom. The van der Waals surface area contributed by atoms with Gasteiger partial charge in [0.1, 0.15) is 12.6 Å². The Labute approximate surface area is 199 Å². The molecule has 1 aliphatic heterocycles. The number of para-hydroxylation sites is 1. The van der Waals surface area contributed by atoms with Crippen LogP contribution in [-0.4, -0.2) is 43.7 Å². The first-order valence-corrected chi connectivity index (χ1v) is 11.2. The molecule has 0 aliphatic carbocycles. The maximum absolute atomic E-state index is 12.9. The van der Waals surface area contributed by atoms with Crippen molar-refractivity contribution in [3.05, 3.63) is 78.4 Å². The summed E-state index contributed by atoms with van der Waals surface area (Å²) in [6.07, 6.45) is 0.889. The highest BCUT2D eigenvalue weighted by Crippen LogP contribution is 2.38. The number of hydrogen-bond donors (Lipinski definition) is 1. The van der Waals surface area contributed by atoms with Crippen LogP contribution in [-0.2, 0) is 16.1 Å². The van der Waals surface area contributed by atoms with Gasteiger partial charge in [0.25, 0.3) is 0 Å². The third-order valence-electron chi connectivity index (χ3n) is 5.86. The minimum absolute atomic E-state index is 0.180. The summed E-state index contributed by atoms with van der Waals surface area (Å²) < 4.78 is 16.3. The number of carbonyl (C=O) groups is 2. The van der Waals surface area contributed by atoms with Gasteiger partial charge in [-0.15, -0.1) is 0 Å². The van der Waals surface area contributed by atoms with E-state index < -0.39 is 12.1 Å². The second kappa shape index (κ2) is 10.7. The van der Waals surface area contributed by atoms with E-state index in [-0.39, 0.29) is 12.5 Å². The van der Waals surface area contributed by atoms with Crippen LogP contribution in [0.1, 0.15) is 18.4 Å². The molecular weight excluding hydrogens is 432 g/mol. The summed E-state index contributed by atoms with van der Waals surface area (Å²) in [7, 11) is 3.21. The molecule has 1 N–H and O–H groups in total. The Bertz CT molecular complexity index is 1130. The highest BCUT2D eigenvalue weighted by atomic mass is 16.6. The predicted molar refractivity (Wildman–Crippen MR) is 130 cm³/mol. The summed E-state index contributed by atoms with van der Waals surface area (Å²) in [5.41, 5.74) is 3.38. The molecule has 0 radical (unpaired) electrons. The maximum atomic E-state index is 12.9. The van der Waals surface area contributed by atoms with Gasteiger partial charge in [0.15, 0.2) is 11.5 Å². The van der Waals surface area contributed by atoms with Crippen LogP contribution >= 0.6 is 0 Å². The molecule has 7 heteroatoms. The minimum Gasteiger partial charge on any atom is -0.493 e. The zero-order chi connectivity index (χ0) is 23.9. The van der Waals surface area contributed by atoms with Crippen LogP contribution in [0.5, 0.6) is 11.5 Å². The van der Waals surface area contributed by atoms with Crippen molar-refractivity contribution >= 4 is 17.7 Å². The number of carbonyl (C=O) groups excluding carboxylic acids is 2. The Hall–Kier alpha value is -4.00. The van der Waals surface area contributed by atoms with Crippen LogP contribution in [0, 0.1) is 0 Å². The fourth-order valence-electron chi connectivity index (χ4n) is 4.13. The number of methoxy groups -OCH3 is 2. The number of amides is 2. The van der Waals surface area contributed by atoms with Crippen LogP contribution in [0.15, 0.2) is 72.8 Å². The summed E-state index contributed by atoms with van der Waals surface area (Å²) in [6, 6.07) is 22.1. The summed E-state index contributed by atoms with van der Waals surface area (Å²) in [5.74, 6) is 1.08. The molecule has 3 aromatic rings. The maximum Gasteiger partial charge on any atom is 0.410 e. The summed E-state index contributed by atoms with van der Waals surface area (Å²) >= 11 is 0. The molecule has 2 amide bonds. The number of ether oxygens (including phenoxy) is 3. The average molecular weight is 461 g/mol. The molecule has 34 heavy (non-hydrogen) atoms. The first kappa shape index (κ1) is 23.2. The number of anilines is 1. The van der Waals surface area contributed by atoms with Crippen LogP contribution < -0.4 is 14.8 Å². The zero-order valence-electron chi connectivity index (χ0n) is 19.3. The Kier molecular flexibility index (Phi) is 7.32. The van der Waals surface area contributed by atoms with Gasteiger partial charge in [0.05, 0.1) is 14.2 Å². The molecule has 1 saturated heterocycles. The predicted octanol–water partition coefficient (Wildman–Crippen LogP) is 5.11. The number of nitrogens with one attached hydrogen (secondary N) is 1. The van der Waals surface area contributed by atoms with E-state index in [1.165, 1.54) is 4.90 Å². The normalized spacial score (nSPS) is 15.0. The van der Waals surface area contributed by atoms with Gasteiger partial charge in [-0.2, -0.15) is 0 Å². The molecule has 0 saturated carbocycles. The Balaban J connectivity index is 1.40. The van der Waals surface area contributed by atoms with Gasteiger partial charge in [0.2, 0.25) is 5.91 Å². The molecule has 1 heterocycles. The lowest BCUT2D eigenvalue weighted by molar-refractivity contribution is -0.120. The molecule has 1 atom stereocenters. The van der Waals surface area contributed by atoms with E-state index in [1.807, 2.05) is 72.8 Å². The van der Waals surface area contributed by atoms with Crippen LogP contribution in [0.25, 0.3) is 11.1 Å². The fourth-order valence-corrected chi connectivity index (χ4v) is 4.13. The van der Waals surface area contributed by atoms with E-state index in [0.717, 1.165) is 23.1 Å². The van der Waals surface area contributed by atoms with Gasteiger partial charge < -0.3 is 19.5 Å². The molecule has 7 nitrogen and oxygen atoms in total. The molecule has 4 rings (SSSR count). The number of rotatable bonds is 7. The SMILES string of the molecule is COc1cccc(-c2ccc(NC(=O)C3CCCN3C(=O)OCc3ccccc3)cc2)c1OC. The molecule has 3 aromatic carbocycles. The second-order valence-electron chi connectivity index (χ2n) is 8.00. The van der Waals surface area contributed by atoms with Crippen LogP contribution in [0.3, 0.4) is 0 Å². The first-order chi connectivity index (χ1) is 16.6. The number of nitrogens with zero attached hydrogens (tertiary/aromatic N) is 1. The quantitative estimate of drug-likeness (QED) is 0.530. The topological polar surface area (TPSA) is 77.1 Å². The van der Waals surface area contributed by atoms with Gasteiger partial charge in [0, 0.05) is 17.8 Å². The molecule has 176 valence electrons. The van der Waals surface area contributed by atoms with Crippen molar-refractivity contribution in [1.82, 2.24) is 4.90 Å².